The number of rotatable bonds is 32. The molecule has 0 aliphatic rings. The Kier molecular flexibility index (Phi) is 40.6. The van der Waals surface area contributed by atoms with E-state index in [-0.39, 0.29) is 27.4 Å². The number of imidazole rings is 6. The third-order valence-electron chi connectivity index (χ3n) is 21.7. The van der Waals surface area contributed by atoms with Gasteiger partial charge >= 0.3 is 12.2 Å². The maximum absolute atomic E-state index is 12.0. The second-order valence-electron chi connectivity index (χ2n) is 32.4. The van der Waals surface area contributed by atoms with Crippen LogP contribution in [0.3, 0.4) is 0 Å². The highest BCUT2D eigenvalue weighted by Crippen LogP contribution is 2.34. The van der Waals surface area contributed by atoms with Crippen LogP contribution in [0.1, 0.15) is 136 Å². The van der Waals surface area contributed by atoms with E-state index in [9.17, 15) is 43.2 Å². The molecule has 0 fully saturated rings. The van der Waals surface area contributed by atoms with Crippen molar-refractivity contribution in [1.29, 1.82) is 0 Å². The lowest BCUT2D eigenvalue weighted by atomic mass is 10.2. The minimum absolute atomic E-state index is 0. The fourth-order valence-electron chi connectivity index (χ4n) is 14.4. The average Bonchev–Trinajstić information content (AvgIpc) is 1.69. The molecule has 6 aromatic heterocycles. The molecular formula is C109H110N22O11S7. The SMILES string of the molecule is C.C.CCC(=O)Nc1ccc(SCc2nc3c(C(N)=O)cccc3[nH]2)cc1.CN(C)c1ccc(SCc2nc3c(C(N)=O)cccc3[nH]2)cc1.COC(=O)Nc1ccc(SCc2nc3c(C(N)=O)cccc3[nH]2)cc1.CSc1ccc(SCc2nc3c(C(N)=O)cccc3[nH]2)cc1.Cc1ccc(SCc2nc3c(C(N)=O)cccc3[nH]2)cc1.NC(=O)c1cccc2[nH]c(CSc3ccc(NC(=O)OCc4ccccc4)cc3)nc12. The summed E-state index contributed by atoms with van der Waals surface area (Å²) in [5, 5.41) is 8.13. The lowest BCUT2D eigenvalue weighted by Gasteiger charge is -2.12. The van der Waals surface area contributed by atoms with E-state index in [4.69, 9.17) is 39.1 Å². The number of hydrogen-bond donors (Lipinski definition) is 15. The van der Waals surface area contributed by atoms with Crippen molar-refractivity contribution in [1.82, 2.24) is 59.8 Å². The first-order valence-corrected chi connectivity index (χ1v) is 52.5. The number of H-pyrrole nitrogens is 6. The summed E-state index contributed by atoms with van der Waals surface area (Å²) in [4.78, 5) is 159. The molecule has 13 aromatic carbocycles. The van der Waals surface area contributed by atoms with Crippen molar-refractivity contribution < 1.29 is 52.6 Å². The summed E-state index contributed by atoms with van der Waals surface area (Å²) >= 11 is 11.6. The Morgan fingerprint density at radius 3 is 0.799 bits per heavy atom. The van der Waals surface area contributed by atoms with Gasteiger partial charge in [0.2, 0.25) is 5.91 Å². The number of aryl methyl sites for hydroxylation is 1. The molecule has 0 aliphatic carbocycles. The number of anilines is 4. The average molecular weight is 2130 g/mol. The molecule has 0 bridgehead atoms. The van der Waals surface area contributed by atoms with Crippen molar-refractivity contribution in [3.63, 3.8) is 0 Å². The Bertz CT molecular complexity index is 7710. The maximum atomic E-state index is 12.0. The fourth-order valence-corrected chi connectivity index (χ4v) is 19.4. The zero-order valence-corrected chi connectivity index (χ0v) is 86.0. The maximum Gasteiger partial charge on any atom is 0.411 e. The molecule has 21 N–H and O–H groups in total. The van der Waals surface area contributed by atoms with Crippen molar-refractivity contribution in [3.8, 4) is 0 Å². The molecule has 0 atom stereocenters. The molecule has 149 heavy (non-hydrogen) atoms. The van der Waals surface area contributed by atoms with Gasteiger partial charge in [0.15, 0.2) is 0 Å². The van der Waals surface area contributed by atoms with Gasteiger partial charge in [-0.05, 0) is 225 Å². The van der Waals surface area contributed by atoms with Gasteiger partial charge in [0.1, 0.15) is 74.7 Å². The standard InChI is InChI=1S/C23H20N4O3S.C18H18N4O2S.C17H16N4O3S.C17H18N4OS.C16H15N3OS2.C16H15N3OS.2CH4/c24-22(28)18-7-4-8-19-21(18)27-20(26-19)14-31-17-11-9-16(10-12-17)25-23(29)30-13-15-5-2-1-3-6-15;1-2-16(23)20-11-6-8-12(9-7-11)25-10-15-21-14-5-3-4-13(18(19)24)17(14)22-15;1-24-17(23)19-10-5-7-11(8-6-10)25-9-14-20-13-4-2-3-12(16(18)22)15(13)21-14;1-21(2)11-6-8-12(9-7-11)23-10-15-19-14-5-3-4-13(17(18)22)16(14)20-15;1-21-10-5-7-11(8-6-10)22-9-14-18-13-4-2-3-12(16(17)20)15(13)19-14;1-10-5-7-11(8-6-10)21-9-14-18-13-4-2-3-12(16(17)20)15(13)19-14;;/h1-12H,13-14H2,(H2,24,28)(H,25,29)(H,26,27);3-9H,2,10H2,1H3,(H2,19,24)(H,20,23)(H,21,22);2-8H,9H2,1H3,(H2,18,22)(H,19,23)(H,20,21);3-9H,10H2,1-2H3,(H2,18,22)(H,19,20);2-8H,9H2,1H3,(H2,17,20)(H,18,19);2-8H,9H2,1H3,(H2,17,20)(H,18,19);2*1H4. The third-order valence-corrected chi connectivity index (χ3v) is 28.6. The lowest BCUT2D eigenvalue weighted by Crippen LogP contribution is -2.13. The van der Waals surface area contributed by atoms with E-state index in [1.807, 2.05) is 148 Å². The second kappa shape index (κ2) is 54.3. The van der Waals surface area contributed by atoms with Crippen LogP contribution in [0.2, 0.25) is 0 Å². The predicted molar refractivity (Wildman–Crippen MR) is 603 cm³/mol. The highest BCUT2D eigenvalue weighted by Gasteiger charge is 2.20. The van der Waals surface area contributed by atoms with E-state index in [0.29, 0.717) is 113 Å². The number of fused-ring (bicyclic) bond motifs is 6. The molecule has 0 unspecified atom stereocenters. The number of primary amides is 6. The van der Waals surface area contributed by atoms with Crippen molar-refractivity contribution >= 4 is 225 Å². The molecule has 9 amide bonds. The Hall–Kier alpha value is -16.2. The Balaban J connectivity index is 0.000000159. The first-order chi connectivity index (χ1) is 71.0. The van der Waals surface area contributed by atoms with Gasteiger partial charge in [-0.2, -0.15) is 0 Å². The number of aromatic nitrogens is 12. The number of methoxy groups -OCH3 is 1. The summed E-state index contributed by atoms with van der Waals surface area (Å²) in [5.74, 6) is 5.90. The van der Waals surface area contributed by atoms with Crippen molar-refractivity contribution in [2.75, 3.05) is 48.3 Å². The Morgan fingerprint density at radius 2 is 0.550 bits per heavy atom. The van der Waals surface area contributed by atoms with Gasteiger partial charge in [0.25, 0.3) is 35.4 Å². The molecule has 0 radical (unpaired) electrons. The zero-order chi connectivity index (χ0) is 104. The molecular weight excluding hydrogens is 2020 g/mol. The van der Waals surface area contributed by atoms with E-state index in [1.54, 1.807) is 167 Å². The molecule has 33 nitrogen and oxygen atoms in total. The van der Waals surface area contributed by atoms with Crippen LogP contribution in [0.25, 0.3) is 66.2 Å². The van der Waals surface area contributed by atoms with E-state index in [1.165, 1.54) is 37.9 Å². The number of nitrogens with two attached hydrogens (primary N) is 6. The molecule has 19 rings (SSSR count). The van der Waals surface area contributed by atoms with Crippen LogP contribution >= 0.6 is 82.3 Å². The van der Waals surface area contributed by atoms with Crippen LogP contribution in [0.15, 0.2) is 319 Å². The van der Waals surface area contributed by atoms with Crippen LogP contribution < -0.4 is 55.3 Å². The molecule has 0 aliphatic heterocycles. The summed E-state index contributed by atoms with van der Waals surface area (Å²) in [7, 11) is 5.36. The van der Waals surface area contributed by atoms with Crippen molar-refractivity contribution in [3.05, 3.63) is 365 Å². The lowest BCUT2D eigenvalue weighted by molar-refractivity contribution is -0.115. The number of carbonyl (C=O) groups is 9. The number of nitrogens with zero attached hydrogens (tertiary/aromatic N) is 7. The van der Waals surface area contributed by atoms with E-state index in [2.05, 4.69) is 171 Å². The molecule has 0 saturated carbocycles. The number of nitrogens with one attached hydrogen (secondary N) is 9. The van der Waals surface area contributed by atoms with E-state index in [0.717, 1.165) is 99.7 Å². The summed E-state index contributed by atoms with van der Waals surface area (Å²) in [6.45, 7) is 4.10. The number of thioether (sulfide) groups is 7. The van der Waals surface area contributed by atoms with Crippen LogP contribution in [0.5, 0.6) is 0 Å². The number of benzene rings is 13. The van der Waals surface area contributed by atoms with Gasteiger partial charge in [0.05, 0.1) is 108 Å². The summed E-state index contributed by atoms with van der Waals surface area (Å²) < 4.78 is 9.77. The van der Waals surface area contributed by atoms with Gasteiger partial charge in [-0.15, -0.1) is 82.3 Å². The van der Waals surface area contributed by atoms with Gasteiger partial charge in [-0.25, -0.2) is 39.5 Å². The van der Waals surface area contributed by atoms with Gasteiger partial charge in [-0.3, -0.25) is 44.2 Å². The smallest absolute Gasteiger partial charge is 0.411 e. The monoisotopic (exact) mass is 2130 g/mol. The number of carbonyl (C=O) groups excluding carboxylic acids is 9. The van der Waals surface area contributed by atoms with E-state index >= 15 is 0 Å². The molecule has 19 aromatic rings. The predicted octanol–water partition coefficient (Wildman–Crippen LogP) is 22.4. The quantitative estimate of drug-likeness (QED) is 0.0174. The van der Waals surface area contributed by atoms with Gasteiger partial charge < -0.3 is 84.0 Å². The Labute approximate surface area is 888 Å². The molecule has 0 saturated heterocycles. The molecule has 6 heterocycles. The van der Waals surface area contributed by atoms with Crippen LogP contribution in [0.4, 0.5) is 32.3 Å². The van der Waals surface area contributed by atoms with Crippen molar-refractivity contribution in [2.24, 2.45) is 34.4 Å². The van der Waals surface area contributed by atoms with Crippen molar-refractivity contribution in [2.45, 2.75) is 111 Å². The number of hydrogen-bond acceptors (Lipinski definition) is 25. The highest BCUT2D eigenvalue weighted by atomic mass is 32.2. The van der Waals surface area contributed by atoms with Gasteiger partial charge in [0, 0.05) is 77.5 Å². The zero-order valence-electron chi connectivity index (χ0n) is 80.2. The number of ether oxygens (including phenoxy) is 2. The van der Waals surface area contributed by atoms with Crippen LogP contribution in [-0.2, 0) is 55.4 Å². The minimum atomic E-state index is -0.507. The highest BCUT2D eigenvalue weighted by molar-refractivity contribution is 8.00. The second-order valence-corrected chi connectivity index (χ2v) is 39.6. The third kappa shape index (κ3) is 31.6. The fraction of sp³-hybridized carbons (Fsp3) is 0.147. The summed E-state index contributed by atoms with van der Waals surface area (Å²) in [5.41, 5.74) is 48.9. The van der Waals surface area contributed by atoms with E-state index < -0.39 is 47.6 Å². The number of amides is 9. The summed E-state index contributed by atoms with van der Waals surface area (Å²) in [6.07, 6.45) is 1.51. The first kappa shape index (κ1) is 112. The van der Waals surface area contributed by atoms with Crippen LogP contribution in [-0.4, -0.2) is 141 Å². The largest absolute Gasteiger partial charge is 0.453 e. The topological polar surface area (TPSA) is 540 Å². The molecule has 764 valence electrons. The Morgan fingerprint density at radius 1 is 0.309 bits per heavy atom. The minimum Gasteiger partial charge on any atom is -0.453 e. The number of aromatic amines is 6. The van der Waals surface area contributed by atoms with Crippen LogP contribution in [0, 0.1) is 6.92 Å². The van der Waals surface area contributed by atoms with Gasteiger partial charge in [-0.1, -0.05) is 106 Å². The molecule has 40 heteroatoms. The molecule has 0 spiro atoms. The first-order valence-electron chi connectivity index (χ1n) is 45.4. The normalized spacial score (nSPS) is 10.6. The summed E-state index contributed by atoms with van der Waals surface area (Å²) in [6, 6.07) is 89.3. The number of para-hydroxylation sites is 6.